The molecule has 0 spiro atoms. The predicted molar refractivity (Wildman–Crippen MR) is 94.5 cm³/mol. The van der Waals surface area contributed by atoms with E-state index in [1.165, 1.54) is 0 Å². The summed E-state index contributed by atoms with van der Waals surface area (Å²) in [6.07, 6.45) is 1.70. The van der Waals surface area contributed by atoms with E-state index in [9.17, 15) is 0 Å². The number of aromatic nitrogens is 1. The largest absolute Gasteiger partial charge is 0.398 e. The number of hydrogen-bond donors (Lipinski definition) is 3. The number of aryl methyl sites for hydroxylation is 1. The quantitative estimate of drug-likeness (QED) is 0.458. The third-order valence-electron chi connectivity index (χ3n) is 3.43. The predicted octanol–water partition coefficient (Wildman–Crippen LogP) is 3.58. The standard InChI is InChI=1S/C17H21N5/c1-10(2)16(21-14-7-5-6-13(18)12(14)4)22-17-15(19)11(3)8-9-20-17/h5-9H,1,18-19H2,2-4H3,(H,20,21,22). The molecule has 5 heteroatoms. The van der Waals surface area contributed by atoms with Gasteiger partial charge in [0.1, 0.15) is 5.84 Å². The molecule has 1 heterocycles. The summed E-state index contributed by atoms with van der Waals surface area (Å²) in [5, 5.41) is 3.16. The van der Waals surface area contributed by atoms with Gasteiger partial charge >= 0.3 is 0 Å². The number of nitrogens with zero attached hydrogens (tertiary/aromatic N) is 2. The first-order valence-corrected chi connectivity index (χ1v) is 6.98. The van der Waals surface area contributed by atoms with Crippen LogP contribution in [-0.4, -0.2) is 10.8 Å². The van der Waals surface area contributed by atoms with Crippen LogP contribution in [0.3, 0.4) is 0 Å². The number of nitrogen functional groups attached to an aromatic ring is 2. The van der Waals surface area contributed by atoms with Crippen molar-refractivity contribution in [2.75, 3.05) is 16.8 Å². The Morgan fingerprint density at radius 1 is 1.23 bits per heavy atom. The van der Waals surface area contributed by atoms with E-state index in [2.05, 4.69) is 21.9 Å². The van der Waals surface area contributed by atoms with E-state index < -0.39 is 0 Å². The Hall–Kier alpha value is -2.82. The van der Waals surface area contributed by atoms with Crippen LogP contribution >= 0.6 is 0 Å². The van der Waals surface area contributed by atoms with Crippen LogP contribution in [0.2, 0.25) is 0 Å². The van der Waals surface area contributed by atoms with Gasteiger partial charge in [0.05, 0.1) is 11.4 Å². The van der Waals surface area contributed by atoms with Crippen molar-refractivity contribution in [2.24, 2.45) is 4.99 Å². The Balaban J connectivity index is 2.43. The molecule has 0 aliphatic rings. The Labute approximate surface area is 130 Å². The number of aliphatic imine (C=N–C) groups is 1. The van der Waals surface area contributed by atoms with Gasteiger partial charge in [0.25, 0.3) is 0 Å². The minimum atomic E-state index is 0.573. The molecule has 0 atom stereocenters. The topological polar surface area (TPSA) is 89.3 Å². The molecule has 2 rings (SSSR count). The SMILES string of the molecule is C=C(C)/C(=N\c1cccc(N)c1C)Nc1nccc(C)c1N. The van der Waals surface area contributed by atoms with Gasteiger partial charge in [-0.3, -0.25) is 0 Å². The first kappa shape index (κ1) is 15.6. The number of nitrogens with two attached hydrogens (primary N) is 2. The van der Waals surface area contributed by atoms with Gasteiger partial charge in [-0.1, -0.05) is 12.6 Å². The summed E-state index contributed by atoms with van der Waals surface area (Å²) in [7, 11) is 0. The van der Waals surface area contributed by atoms with Crippen LogP contribution in [0.4, 0.5) is 22.9 Å². The van der Waals surface area contributed by atoms with Gasteiger partial charge in [-0.05, 0) is 55.7 Å². The van der Waals surface area contributed by atoms with Crippen LogP contribution in [0, 0.1) is 13.8 Å². The summed E-state index contributed by atoms with van der Waals surface area (Å²) in [5.41, 5.74) is 16.7. The molecule has 2 aromatic rings. The first-order valence-electron chi connectivity index (χ1n) is 6.98. The molecule has 0 aliphatic carbocycles. The second-order valence-electron chi connectivity index (χ2n) is 5.25. The molecule has 0 saturated heterocycles. The molecule has 0 aliphatic heterocycles. The lowest BCUT2D eigenvalue weighted by atomic mass is 10.1. The minimum Gasteiger partial charge on any atom is -0.398 e. The van der Waals surface area contributed by atoms with Crippen molar-refractivity contribution in [1.29, 1.82) is 0 Å². The second kappa shape index (κ2) is 6.30. The summed E-state index contributed by atoms with van der Waals surface area (Å²) < 4.78 is 0. The number of hydrogen-bond acceptors (Lipinski definition) is 4. The number of amidine groups is 1. The zero-order valence-corrected chi connectivity index (χ0v) is 13.1. The maximum Gasteiger partial charge on any atom is 0.155 e. The van der Waals surface area contributed by atoms with Gasteiger partial charge in [0.15, 0.2) is 5.82 Å². The Bertz CT molecular complexity index is 747. The normalized spacial score (nSPS) is 11.3. The van der Waals surface area contributed by atoms with Crippen molar-refractivity contribution in [2.45, 2.75) is 20.8 Å². The van der Waals surface area contributed by atoms with E-state index >= 15 is 0 Å². The summed E-state index contributed by atoms with van der Waals surface area (Å²) in [4.78, 5) is 8.88. The number of pyridine rings is 1. The van der Waals surface area contributed by atoms with E-state index in [-0.39, 0.29) is 0 Å². The molecular formula is C17H21N5. The minimum absolute atomic E-state index is 0.573. The van der Waals surface area contributed by atoms with Crippen molar-refractivity contribution >= 4 is 28.7 Å². The van der Waals surface area contributed by atoms with Gasteiger partial charge < -0.3 is 16.8 Å². The van der Waals surface area contributed by atoms with Crippen molar-refractivity contribution in [3.63, 3.8) is 0 Å². The van der Waals surface area contributed by atoms with Crippen LogP contribution < -0.4 is 16.8 Å². The molecule has 0 unspecified atom stereocenters. The van der Waals surface area contributed by atoms with Crippen LogP contribution in [0.15, 0.2) is 47.6 Å². The second-order valence-corrected chi connectivity index (χ2v) is 5.25. The van der Waals surface area contributed by atoms with Crippen molar-refractivity contribution in [3.8, 4) is 0 Å². The molecule has 5 N–H and O–H groups in total. The van der Waals surface area contributed by atoms with Gasteiger partial charge in [-0.15, -0.1) is 0 Å². The number of rotatable bonds is 3. The fourth-order valence-corrected chi connectivity index (χ4v) is 1.89. The monoisotopic (exact) mass is 295 g/mol. The van der Waals surface area contributed by atoms with Crippen LogP contribution in [0.25, 0.3) is 0 Å². The first-order chi connectivity index (χ1) is 10.4. The van der Waals surface area contributed by atoms with E-state index in [1.807, 2.05) is 45.0 Å². The Kier molecular flexibility index (Phi) is 4.46. The average Bonchev–Trinajstić information content (AvgIpc) is 2.47. The highest BCUT2D eigenvalue weighted by molar-refractivity contribution is 6.09. The third-order valence-corrected chi connectivity index (χ3v) is 3.43. The van der Waals surface area contributed by atoms with E-state index in [0.29, 0.717) is 23.0 Å². The fraction of sp³-hybridized carbons (Fsp3) is 0.176. The lowest BCUT2D eigenvalue weighted by Crippen LogP contribution is -2.15. The molecule has 0 saturated carbocycles. The Morgan fingerprint density at radius 2 is 1.95 bits per heavy atom. The lowest BCUT2D eigenvalue weighted by Gasteiger charge is -2.13. The molecule has 22 heavy (non-hydrogen) atoms. The molecule has 0 bridgehead atoms. The molecule has 5 nitrogen and oxygen atoms in total. The highest BCUT2D eigenvalue weighted by Gasteiger charge is 2.09. The smallest absolute Gasteiger partial charge is 0.155 e. The van der Waals surface area contributed by atoms with Crippen LogP contribution in [-0.2, 0) is 0 Å². The van der Waals surface area contributed by atoms with Crippen LogP contribution in [0.1, 0.15) is 18.1 Å². The van der Waals surface area contributed by atoms with E-state index in [1.54, 1.807) is 6.20 Å². The van der Waals surface area contributed by atoms with E-state index in [4.69, 9.17) is 11.5 Å². The molecule has 0 amide bonds. The molecular weight excluding hydrogens is 274 g/mol. The zero-order valence-electron chi connectivity index (χ0n) is 13.1. The van der Waals surface area contributed by atoms with Crippen molar-refractivity contribution in [1.82, 2.24) is 4.98 Å². The van der Waals surface area contributed by atoms with Gasteiger partial charge in [0.2, 0.25) is 0 Å². The zero-order chi connectivity index (χ0) is 16.3. The molecule has 0 radical (unpaired) electrons. The number of nitrogens with one attached hydrogen (secondary N) is 1. The maximum absolute atomic E-state index is 6.05. The fourth-order valence-electron chi connectivity index (χ4n) is 1.89. The van der Waals surface area contributed by atoms with Crippen molar-refractivity contribution in [3.05, 3.63) is 53.7 Å². The molecule has 114 valence electrons. The summed E-state index contributed by atoms with van der Waals surface area (Å²) >= 11 is 0. The Morgan fingerprint density at radius 3 is 2.64 bits per heavy atom. The average molecular weight is 295 g/mol. The highest BCUT2D eigenvalue weighted by Crippen LogP contribution is 2.25. The summed E-state index contributed by atoms with van der Waals surface area (Å²) in [6, 6.07) is 7.49. The highest BCUT2D eigenvalue weighted by atomic mass is 15.1. The molecule has 0 fully saturated rings. The number of benzene rings is 1. The third kappa shape index (κ3) is 3.25. The van der Waals surface area contributed by atoms with Gasteiger partial charge in [0, 0.05) is 11.9 Å². The van der Waals surface area contributed by atoms with Crippen molar-refractivity contribution < 1.29 is 0 Å². The summed E-state index contributed by atoms with van der Waals surface area (Å²) in [6.45, 7) is 9.70. The lowest BCUT2D eigenvalue weighted by molar-refractivity contribution is 1.28. The van der Waals surface area contributed by atoms with Gasteiger partial charge in [-0.2, -0.15) is 0 Å². The summed E-state index contributed by atoms with van der Waals surface area (Å²) in [5.74, 6) is 1.18. The molecule has 1 aromatic heterocycles. The van der Waals surface area contributed by atoms with Gasteiger partial charge in [-0.25, -0.2) is 9.98 Å². The van der Waals surface area contributed by atoms with Crippen LogP contribution in [0.5, 0.6) is 0 Å². The molecule has 1 aromatic carbocycles. The number of anilines is 3. The van der Waals surface area contributed by atoms with E-state index in [0.717, 1.165) is 22.4 Å². The maximum atomic E-state index is 6.05.